The smallest absolute Gasteiger partial charge is 0.405 e. The lowest BCUT2D eigenvalue weighted by Gasteiger charge is -2.15. The van der Waals surface area contributed by atoms with Crippen molar-refractivity contribution in [1.29, 1.82) is 0 Å². The van der Waals surface area contributed by atoms with E-state index >= 15 is 0 Å². The third-order valence-electron chi connectivity index (χ3n) is 3.07. The minimum Gasteiger partial charge on any atom is -0.497 e. The van der Waals surface area contributed by atoms with Crippen molar-refractivity contribution in [1.82, 2.24) is 10.6 Å². The maximum atomic E-state index is 12.1. The first-order chi connectivity index (χ1) is 10.3. The number of nitrogens with zero attached hydrogens (tertiary/aromatic N) is 1. The molecule has 3 amide bonds. The fraction of sp³-hybridized carbons (Fsp3) is 0.385. The molecule has 1 atom stereocenters. The maximum absolute atomic E-state index is 12.1. The highest BCUT2D eigenvalue weighted by Gasteiger charge is 2.36. The van der Waals surface area contributed by atoms with Crippen LogP contribution in [0.3, 0.4) is 0 Å². The third kappa shape index (κ3) is 3.80. The molecule has 0 spiro atoms. The van der Waals surface area contributed by atoms with Gasteiger partial charge in [-0.2, -0.15) is 13.2 Å². The monoisotopic (exact) mass is 317 g/mol. The number of hydrogen-bond acceptors (Lipinski definition) is 3. The number of alkyl halides is 3. The van der Waals surface area contributed by atoms with E-state index in [0.29, 0.717) is 11.4 Å². The number of urea groups is 1. The maximum Gasteiger partial charge on any atom is 0.405 e. The Morgan fingerprint density at radius 1 is 1.41 bits per heavy atom. The summed E-state index contributed by atoms with van der Waals surface area (Å²) in [6, 6.07) is 4.94. The Morgan fingerprint density at radius 2 is 2.05 bits per heavy atom. The van der Waals surface area contributed by atoms with Gasteiger partial charge in [0.05, 0.1) is 13.7 Å². The number of methoxy groups -OCH3 is 1. The van der Waals surface area contributed by atoms with Crippen LogP contribution in [-0.2, 0) is 4.79 Å². The van der Waals surface area contributed by atoms with Crippen LogP contribution in [0.4, 0.5) is 23.7 Å². The second kappa shape index (κ2) is 6.12. The second-order valence-corrected chi connectivity index (χ2v) is 4.64. The van der Waals surface area contributed by atoms with E-state index in [4.69, 9.17) is 4.74 Å². The van der Waals surface area contributed by atoms with Crippen molar-refractivity contribution in [3.8, 4) is 5.75 Å². The van der Waals surface area contributed by atoms with Crippen LogP contribution in [0.15, 0.2) is 24.3 Å². The number of nitrogens with one attached hydrogen (secondary N) is 2. The molecule has 0 aliphatic carbocycles. The Morgan fingerprint density at radius 3 is 2.59 bits per heavy atom. The zero-order chi connectivity index (χ0) is 16.3. The molecule has 0 saturated carbocycles. The van der Waals surface area contributed by atoms with Crippen LogP contribution in [-0.4, -0.2) is 44.4 Å². The topological polar surface area (TPSA) is 70.7 Å². The molecule has 6 nitrogen and oxygen atoms in total. The first kappa shape index (κ1) is 15.9. The summed E-state index contributed by atoms with van der Waals surface area (Å²) in [6.07, 6.45) is -4.49. The zero-order valence-corrected chi connectivity index (χ0v) is 11.6. The molecule has 0 bridgehead atoms. The first-order valence-corrected chi connectivity index (χ1v) is 6.37. The van der Waals surface area contributed by atoms with Gasteiger partial charge in [-0.25, -0.2) is 4.79 Å². The normalized spacial score (nSPS) is 18.1. The molecule has 2 N–H and O–H groups in total. The highest BCUT2D eigenvalue weighted by molar-refractivity contribution is 6.00. The predicted molar refractivity (Wildman–Crippen MR) is 71.7 cm³/mol. The van der Waals surface area contributed by atoms with Crippen LogP contribution in [0.2, 0.25) is 0 Å². The van der Waals surface area contributed by atoms with E-state index in [1.54, 1.807) is 29.6 Å². The number of carbonyl (C=O) groups is 2. The van der Waals surface area contributed by atoms with Crippen LogP contribution in [0, 0.1) is 0 Å². The molecular weight excluding hydrogens is 303 g/mol. The first-order valence-electron chi connectivity index (χ1n) is 6.37. The molecule has 0 radical (unpaired) electrons. The lowest BCUT2D eigenvalue weighted by Crippen LogP contribution is -2.45. The predicted octanol–water partition coefficient (Wildman–Crippen LogP) is 1.27. The summed E-state index contributed by atoms with van der Waals surface area (Å²) < 4.78 is 41.2. The van der Waals surface area contributed by atoms with E-state index < -0.39 is 30.7 Å². The summed E-state index contributed by atoms with van der Waals surface area (Å²) in [5.41, 5.74) is 0.518. The third-order valence-corrected chi connectivity index (χ3v) is 3.07. The molecule has 22 heavy (non-hydrogen) atoms. The molecule has 0 aromatic heterocycles. The van der Waals surface area contributed by atoms with Crippen molar-refractivity contribution in [2.45, 2.75) is 12.2 Å². The Labute approximate surface area is 124 Å². The standard InChI is InChI=1S/C13H14F3N3O3/c1-22-9-4-2-8(3-5-9)19-6-10(18-12(19)21)11(20)17-7-13(14,15)16/h2-5,10H,6-7H2,1H3,(H,17,20)(H,18,21). The van der Waals surface area contributed by atoms with E-state index in [0.717, 1.165) is 0 Å². The quantitative estimate of drug-likeness (QED) is 0.878. The SMILES string of the molecule is COc1ccc(N2CC(C(=O)NCC(F)(F)F)NC2=O)cc1. The second-order valence-electron chi connectivity index (χ2n) is 4.64. The minimum absolute atomic E-state index is 0.0468. The van der Waals surface area contributed by atoms with Gasteiger partial charge in [0.15, 0.2) is 0 Å². The van der Waals surface area contributed by atoms with E-state index in [1.807, 2.05) is 0 Å². The minimum atomic E-state index is -4.49. The number of ether oxygens (including phenoxy) is 1. The van der Waals surface area contributed by atoms with Crippen molar-refractivity contribution >= 4 is 17.6 Å². The van der Waals surface area contributed by atoms with Crippen LogP contribution in [0.25, 0.3) is 0 Å². The van der Waals surface area contributed by atoms with Crippen molar-refractivity contribution in [3.05, 3.63) is 24.3 Å². The van der Waals surface area contributed by atoms with E-state index in [-0.39, 0.29) is 6.54 Å². The number of hydrogen-bond donors (Lipinski definition) is 2. The summed E-state index contributed by atoms with van der Waals surface area (Å²) in [4.78, 5) is 24.7. The van der Waals surface area contributed by atoms with Gasteiger partial charge in [0.25, 0.3) is 0 Å². The lowest BCUT2D eigenvalue weighted by molar-refractivity contribution is -0.139. The summed E-state index contributed by atoms with van der Waals surface area (Å²) in [5.74, 6) is -0.274. The molecule has 2 rings (SSSR count). The van der Waals surface area contributed by atoms with Gasteiger partial charge in [-0.15, -0.1) is 0 Å². The van der Waals surface area contributed by atoms with Gasteiger partial charge in [0, 0.05) is 5.69 Å². The van der Waals surface area contributed by atoms with E-state index in [9.17, 15) is 22.8 Å². The average Bonchev–Trinajstić information content (AvgIpc) is 2.86. The highest BCUT2D eigenvalue weighted by Crippen LogP contribution is 2.22. The number of carbonyl (C=O) groups excluding carboxylic acids is 2. The van der Waals surface area contributed by atoms with Crippen molar-refractivity contribution in [3.63, 3.8) is 0 Å². The Balaban J connectivity index is 1.99. The summed E-state index contributed by atoms with van der Waals surface area (Å²) in [7, 11) is 1.50. The van der Waals surface area contributed by atoms with Crippen molar-refractivity contribution < 1.29 is 27.5 Å². The zero-order valence-electron chi connectivity index (χ0n) is 11.6. The number of benzene rings is 1. The molecule has 1 aliphatic heterocycles. The fourth-order valence-electron chi connectivity index (χ4n) is 1.98. The molecule has 1 fully saturated rings. The molecular formula is C13H14F3N3O3. The molecule has 1 unspecified atom stereocenters. The molecule has 1 saturated heterocycles. The van der Waals surface area contributed by atoms with E-state index in [2.05, 4.69) is 5.32 Å². The van der Waals surface area contributed by atoms with Gasteiger partial charge in [0.2, 0.25) is 5.91 Å². The summed E-state index contributed by atoms with van der Waals surface area (Å²) in [6.45, 7) is -1.48. The fourth-order valence-corrected chi connectivity index (χ4v) is 1.98. The summed E-state index contributed by atoms with van der Waals surface area (Å²) in [5, 5.41) is 4.09. The van der Waals surface area contributed by atoms with Gasteiger partial charge in [-0.1, -0.05) is 0 Å². The van der Waals surface area contributed by atoms with Gasteiger partial charge in [-0.3, -0.25) is 9.69 Å². The van der Waals surface area contributed by atoms with Crippen LogP contribution in [0.5, 0.6) is 5.75 Å². The molecule has 1 heterocycles. The van der Waals surface area contributed by atoms with E-state index in [1.165, 1.54) is 12.0 Å². The lowest BCUT2D eigenvalue weighted by atomic mass is 10.2. The van der Waals surface area contributed by atoms with Gasteiger partial charge < -0.3 is 15.4 Å². The Kier molecular flexibility index (Phi) is 4.43. The number of amides is 3. The summed E-state index contributed by atoms with van der Waals surface area (Å²) >= 11 is 0. The van der Waals surface area contributed by atoms with Crippen molar-refractivity contribution in [2.24, 2.45) is 0 Å². The largest absolute Gasteiger partial charge is 0.497 e. The van der Waals surface area contributed by atoms with Gasteiger partial charge in [-0.05, 0) is 24.3 Å². The van der Waals surface area contributed by atoms with Crippen molar-refractivity contribution in [2.75, 3.05) is 25.1 Å². The number of rotatable bonds is 4. The molecule has 1 aliphatic rings. The van der Waals surface area contributed by atoms with Gasteiger partial charge in [0.1, 0.15) is 18.3 Å². The average molecular weight is 317 g/mol. The van der Waals surface area contributed by atoms with Gasteiger partial charge >= 0.3 is 12.2 Å². The Hall–Kier alpha value is -2.45. The van der Waals surface area contributed by atoms with Crippen LogP contribution >= 0.6 is 0 Å². The molecule has 120 valence electrons. The molecule has 1 aromatic rings. The van der Waals surface area contributed by atoms with Crippen LogP contribution < -0.4 is 20.3 Å². The molecule has 9 heteroatoms. The van der Waals surface area contributed by atoms with Crippen LogP contribution in [0.1, 0.15) is 0 Å². The number of anilines is 1. The number of halogens is 3. The highest BCUT2D eigenvalue weighted by atomic mass is 19.4. The Bertz CT molecular complexity index is 560. The molecule has 1 aromatic carbocycles.